The Morgan fingerprint density at radius 3 is 2.68 bits per heavy atom. The molecule has 2 bridgehead atoms. The summed E-state index contributed by atoms with van der Waals surface area (Å²) in [6.07, 6.45) is 4.29. The number of nitrogens with one attached hydrogen (secondary N) is 1. The molecule has 19 heavy (non-hydrogen) atoms. The molecule has 5 rings (SSSR count). The Balaban J connectivity index is 1.57. The van der Waals surface area contributed by atoms with Crippen molar-refractivity contribution in [3.8, 4) is 0 Å². The minimum Gasteiger partial charge on any atom is -0.342 e. The van der Waals surface area contributed by atoms with Gasteiger partial charge in [-0.15, -0.1) is 0 Å². The third kappa shape index (κ3) is 1.33. The Morgan fingerprint density at radius 1 is 1.21 bits per heavy atom. The van der Waals surface area contributed by atoms with Crippen LogP contribution >= 0.6 is 15.9 Å². The molecule has 0 radical (unpaired) electrons. The van der Waals surface area contributed by atoms with Gasteiger partial charge in [-0.25, -0.2) is 9.37 Å². The van der Waals surface area contributed by atoms with E-state index in [1.54, 1.807) is 12.1 Å². The quantitative estimate of drug-likeness (QED) is 0.837. The van der Waals surface area contributed by atoms with Gasteiger partial charge in [-0.2, -0.15) is 0 Å². The molecule has 3 fully saturated rings. The lowest BCUT2D eigenvalue weighted by Gasteiger charge is -2.05. The first kappa shape index (κ1) is 10.8. The lowest BCUT2D eigenvalue weighted by atomic mass is 10.0. The molecule has 4 atom stereocenters. The van der Waals surface area contributed by atoms with E-state index in [0.717, 1.165) is 40.5 Å². The predicted molar refractivity (Wildman–Crippen MR) is 74.3 cm³/mol. The summed E-state index contributed by atoms with van der Waals surface area (Å²) in [7, 11) is 0. The molecule has 2 aromatic rings. The number of rotatable bonds is 1. The summed E-state index contributed by atoms with van der Waals surface area (Å²) in [5.74, 6) is 5.12. The van der Waals surface area contributed by atoms with E-state index in [-0.39, 0.29) is 5.82 Å². The smallest absolute Gasteiger partial charge is 0.139 e. The topological polar surface area (TPSA) is 28.7 Å². The Morgan fingerprint density at radius 2 is 1.95 bits per heavy atom. The molecule has 98 valence electrons. The fourth-order valence-electron chi connectivity index (χ4n) is 4.87. The highest BCUT2D eigenvalue weighted by molar-refractivity contribution is 9.10. The molecule has 4 heteroatoms. The summed E-state index contributed by atoms with van der Waals surface area (Å²) in [5.41, 5.74) is 1.70. The van der Waals surface area contributed by atoms with Crippen molar-refractivity contribution in [1.29, 1.82) is 0 Å². The first-order valence-corrected chi connectivity index (χ1v) is 7.86. The van der Waals surface area contributed by atoms with Gasteiger partial charge < -0.3 is 4.98 Å². The van der Waals surface area contributed by atoms with Crippen LogP contribution in [-0.2, 0) is 0 Å². The van der Waals surface area contributed by atoms with Gasteiger partial charge >= 0.3 is 0 Å². The van der Waals surface area contributed by atoms with Gasteiger partial charge in [0.1, 0.15) is 11.6 Å². The van der Waals surface area contributed by atoms with E-state index in [1.165, 1.54) is 19.3 Å². The van der Waals surface area contributed by atoms with E-state index < -0.39 is 0 Å². The van der Waals surface area contributed by atoms with E-state index in [0.29, 0.717) is 10.4 Å². The number of imidazole rings is 1. The fourth-order valence-corrected chi connectivity index (χ4v) is 5.20. The molecule has 3 saturated carbocycles. The standard InChI is InChI=1S/C15H14BrFN2/c16-8-4-10-11(5-9(8)17)19-15(18-10)14-12-6-1-2-7(3-6)13(12)14/h4-7,12-14H,1-3H2,(H,18,19). The third-order valence-electron chi connectivity index (χ3n) is 5.59. The largest absolute Gasteiger partial charge is 0.342 e. The van der Waals surface area contributed by atoms with Crippen LogP contribution in [-0.4, -0.2) is 9.97 Å². The molecule has 0 amide bonds. The summed E-state index contributed by atoms with van der Waals surface area (Å²) in [5, 5.41) is 0. The number of H-pyrrole nitrogens is 1. The van der Waals surface area contributed by atoms with Gasteiger partial charge in [0, 0.05) is 12.0 Å². The Bertz CT molecular complexity index is 640. The van der Waals surface area contributed by atoms with E-state index in [1.807, 2.05) is 0 Å². The van der Waals surface area contributed by atoms with E-state index in [2.05, 4.69) is 20.9 Å². The molecule has 1 N–H and O–H groups in total. The fraction of sp³-hybridized carbons (Fsp3) is 0.533. The Labute approximate surface area is 118 Å². The zero-order valence-corrected chi connectivity index (χ0v) is 12.0. The van der Waals surface area contributed by atoms with Crippen LogP contribution in [0.15, 0.2) is 16.6 Å². The van der Waals surface area contributed by atoms with Crippen molar-refractivity contribution in [3.05, 3.63) is 28.2 Å². The highest BCUT2D eigenvalue weighted by atomic mass is 79.9. The van der Waals surface area contributed by atoms with Crippen molar-refractivity contribution in [2.24, 2.45) is 23.7 Å². The molecule has 0 spiro atoms. The maximum atomic E-state index is 13.5. The summed E-state index contributed by atoms with van der Waals surface area (Å²) < 4.78 is 14.0. The van der Waals surface area contributed by atoms with Gasteiger partial charge in [0.05, 0.1) is 15.5 Å². The van der Waals surface area contributed by atoms with Crippen molar-refractivity contribution >= 4 is 27.0 Å². The number of fused-ring (bicyclic) bond motifs is 6. The van der Waals surface area contributed by atoms with Crippen LogP contribution in [0.5, 0.6) is 0 Å². The average molecular weight is 321 g/mol. The van der Waals surface area contributed by atoms with Crippen molar-refractivity contribution in [2.75, 3.05) is 0 Å². The van der Waals surface area contributed by atoms with Crippen molar-refractivity contribution in [1.82, 2.24) is 9.97 Å². The minimum absolute atomic E-state index is 0.223. The van der Waals surface area contributed by atoms with Gasteiger partial charge in [-0.05, 0) is 64.9 Å². The minimum atomic E-state index is -0.223. The van der Waals surface area contributed by atoms with Crippen molar-refractivity contribution in [2.45, 2.75) is 25.2 Å². The molecular formula is C15H14BrFN2. The molecule has 3 aliphatic carbocycles. The normalized spacial score (nSPS) is 38.9. The number of aromatic amines is 1. The first-order valence-electron chi connectivity index (χ1n) is 7.07. The van der Waals surface area contributed by atoms with Gasteiger partial charge in [-0.3, -0.25) is 0 Å². The summed E-state index contributed by atoms with van der Waals surface area (Å²) in [6.45, 7) is 0. The van der Waals surface area contributed by atoms with Crippen molar-refractivity contribution in [3.63, 3.8) is 0 Å². The Hall–Kier alpha value is -0.900. The van der Waals surface area contributed by atoms with Crippen LogP contribution in [0.2, 0.25) is 0 Å². The van der Waals surface area contributed by atoms with Crippen LogP contribution in [0.4, 0.5) is 4.39 Å². The lowest BCUT2D eigenvalue weighted by Crippen LogP contribution is -1.98. The summed E-state index contributed by atoms with van der Waals surface area (Å²) in [4.78, 5) is 8.05. The molecule has 1 heterocycles. The van der Waals surface area contributed by atoms with Crippen molar-refractivity contribution < 1.29 is 4.39 Å². The van der Waals surface area contributed by atoms with Crippen LogP contribution < -0.4 is 0 Å². The average Bonchev–Trinajstić information content (AvgIpc) is 2.75. The number of nitrogens with zero attached hydrogens (tertiary/aromatic N) is 1. The molecule has 4 unspecified atom stereocenters. The molecule has 1 aromatic carbocycles. The highest BCUT2D eigenvalue weighted by Gasteiger charge is 2.66. The summed E-state index contributed by atoms with van der Waals surface area (Å²) in [6, 6.07) is 3.32. The number of aromatic nitrogens is 2. The molecule has 3 aliphatic rings. The van der Waals surface area contributed by atoms with Crippen LogP contribution in [0.3, 0.4) is 0 Å². The maximum absolute atomic E-state index is 13.5. The zero-order valence-electron chi connectivity index (χ0n) is 10.4. The second-order valence-corrected chi connectivity index (χ2v) is 7.27. The molecular weight excluding hydrogens is 307 g/mol. The Kier molecular flexibility index (Phi) is 1.94. The molecule has 2 nitrogen and oxygen atoms in total. The highest BCUT2D eigenvalue weighted by Crippen LogP contribution is 2.72. The second kappa shape index (κ2) is 3.40. The van der Waals surface area contributed by atoms with E-state index >= 15 is 0 Å². The maximum Gasteiger partial charge on any atom is 0.139 e. The lowest BCUT2D eigenvalue weighted by molar-refractivity contribution is 0.456. The first-order chi connectivity index (χ1) is 9.22. The van der Waals surface area contributed by atoms with Gasteiger partial charge in [0.15, 0.2) is 0 Å². The predicted octanol–water partition coefficient (Wildman–Crippen LogP) is 4.22. The van der Waals surface area contributed by atoms with Gasteiger partial charge in [0.25, 0.3) is 0 Å². The summed E-state index contributed by atoms with van der Waals surface area (Å²) >= 11 is 3.23. The number of halogens is 2. The van der Waals surface area contributed by atoms with E-state index in [4.69, 9.17) is 4.98 Å². The number of hydrogen-bond acceptors (Lipinski definition) is 1. The zero-order chi connectivity index (χ0) is 12.7. The van der Waals surface area contributed by atoms with Crippen LogP contribution in [0.25, 0.3) is 11.0 Å². The molecule has 0 saturated heterocycles. The number of hydrogen-bond donors (Lipinski definition) is 1. The molecule has 0 aliphatic heterocycles. The van der Waals surface area contributed by atoms with Gasteiger partial charge in [-0.1, -0.05) is 0 Å². The van der Waals surface area contributed by atoms with E-state index in [9.17, 15) is 4.39 Å². The van der Waals surface area contributed by atoms with Crippen LogP contribution in [0.1, 0.15) is 31.0 Å². The van der Waals surface area contributed by atoms with Crippen LogP contribution in [0, 0.1) is 29.5 Å². The molecule has 1 aromatic heterocycles. The number of benzene rings is 1. The monoisotopic (exact) mass is 320 g/mol. The SMILES string of the molecule is Fc1cc2[nH]c(C3C4C5CCC(C5)C34)nc2cc1Br. The third-order valence-corrected chi connectivity index (χ3v) is 6.20. The van der Waals surface area contributed by atoms with Gasteiger partial charge in [0.2, 0.25) is 0 Å². The second-order valence-electron chi connectivity index (χ2n) is 6.42.